The van der Waals surface area contributed by atoms with Crippen LogP contribution in [0.4, 0.5) is 0 Å². The summed E-state index contributed by atoms with van der Waals surface area (Å²) in [5.41, 5.74) is 10.1. The van der Waals surface area contributed by atoms with Crippen LogP contribution in [0.3, 0.4) is 0 Å². The summed E-state index contributed by atoms with van der Waals surface area (Å²) < 4.78 is 0. The van der Waals surface area contributed by atoms with Gasteiger partial charge in [-0.3, -0.25) is 9.98 Å². The first-order chi connectivity index (χ1) is 14.0. The van der Waals surface area contributed by atoms with E-state index in [1.54, 1.807) is 54.2 Å². The summed E-state index contributed by atoms with van der Waals surface area (Å²) in [6.07, 6.45) is 9.42. The van der Waals surface area contributed by atoms with E-state index in [2.05, 4.69) is 73.6 Å². The van der Waals surface area contributed by atoms with Gasteiger partial charge < -0.3 is 21.5 Å². The quantitative estimate of drug-likeness (QED) is 0.201. The molecule has 0 aliphatic carbocycles. The van der Waals surface area contributed by atoms with Crippen LogP contribution in [0.2, 0.25) is 0 Å². The van der Waals surface area contributed by atoms with Crippen molar-refractivity contribution in [3.05, 3.63) is 50.6 Å². The van der Waals surface area contributed by atoms with Gasteiger partial charge in [0, 0.05) is 28.2 Å². The average Bonchev–Trinajstić information content (AvgIpc) is 2.71. The zero-order valence-electron chi connectivity index (χ0n) is 21.9. The van der Waals surface area contributed by atoms with E-state index in [9.17, 15) is 0 Å². The first kappa shape index (κ1) is 112. The summed E-state index contributed by atoms with van der Waals surface area (Å²) in [6.45, 7) is 31.3. The maximum Gasteiger partial charge on any atom is 0.0902 e. The second kappa shape index (κ2) is 216. The molecule has 0 heterocycles. The monoisotopic (exact) mass is 555 g/mol. The lowest BCUT2D eigenvalue weighted by Crippen LogP contribution is -2.03. The first-order valence-corrected chi connectivity index (χ1v) is 9.46. The molecule has 0 spiro atoms. The van der Waals surface area contributed by atoms with Gasteiger partial charge in [-0.25, -0.2) is 0 Å². The molecule has 0 aromatic heterocycles. The Kier molecular flexibility index (Phi) is 634. The van der Waals surface area contributed by atoms with Crippen molar-refractivity contribution in [1.82, 2.24) is 0 Å². The fraction of sp³-hybridized carbons (Fsp3) is 0.625. The van der Waals surface area contributed by atoms with Crippen molar-refractivity contribution in [2.45, 2.75) is 114 Å². The normalized spacial score (nSPS) is 5.84. The Hall–Kier alpha value is -2.76. The summed E-state index contributed by atoms with van der Waals surface area (Å²) in [4.78, 5) is 13.7. The number of aliphatic imine (C=N–C) groups is 4. The standard InChI is InChI=1S/2C4H8.2C3H8N2.2C3H6.2C2H5N.8CH4/c2*1-3-4-2;2*1-3(4)5-2;4*1-3-2;;;;;;;;/h2*3H,1,4H2,2H3;2*1-2H3,(H2,4,5);2*3H,1H2,2H3;2*1H2,2H3;8*1H4. The molecule has 6 nitrogen and oxygen atoms in total. The van der Waals surface area contributed by atoms with Crippen LogP contribution in [0.1, 0.15) is 114 Å². The third kappa shape index (κ3) is 3290. The topological polar surface area (TPSA) is 101 Å². The average molecular weight is 555 g/mol. The second-order valence-electron chi connectivity index (χ2n) is 4.57. The molecule has 0 saturated carbocycles. The molecule has 0 aromatic carbocycles. The molecule has 0 fully saturated rings. The van der Waals surface area contributed by atoms with E-state index in [0.717, 1.165) is 12.8 Å². The minimum atomic E-state index is 0. The molecule has 0 aromatic rings. The van der Waals surface area contributed by atoms with Gasteiger partial charge in [-0.05, 0) is 54.0 Å². The molecular formula is C32H86N6. The Morgan fingerprint density at radius 1 is 0.553 bits per heavy atom. The summed E-state index contributed by atoms with van der Waals surface area (Å²) in [5.74, 6) is 1.26. The van der Waals surface area contributed by atoms with Crippen LogP contribution in [0.25, 0.3) is 0 Å². The Labute approximate surface area is 249 Å². The van der Waals surface area contributed by atoms with Crippen LogP contribution in [-0.2, 0) is 0 Å². The van der Waals surface area contributed by atoms with Gasteiger partial charge >= 0.3 is 0 Å². The highest BCUT2D eigenvalue weighted by molar-refractivity contribution is 5.77. The van der Waals surface area contributed by atoms with Crippen LogP contribution in [0, 0.1) is 0 Å². The minimum Gasteiger partial charge on any atom is -0.388 e. The van der Waals surface area contributed by atoms with Crippen molar-refractivity contribution in [1.29, 1.82) is 0 Å². The third-order valence-corrected chi connectivity index (χ3v) is 1.28. The van der Waals surface area contributed by atoms with Gasteiger partial charge in [0.25, 0.3) is 0 Å². The largest absolute Gasteiger partial charge is 0.388 e. The number of hydrogen-bond acceptors (Lipinski definition) is 4. The summed E-state index contributed by atoms with van der Waals surface area (Å²) in [5, 5.41) is 0. The number of rotatable bonds is 2. The predicted octanol–water partition coefficient (Wildman–Crippen LogP) is 11.3. The number of hydrogen-bond donors (Lipinski definition) is 2. The van der Waals surface area contributed by atoms with Crippen molar-refractivity contribution in [2.75, 3.05) is 28.2 Å². The van der Waals surface area contributed by atoms with E-state index in [0.29, 0.717) is 11.7 Å². The zero-order chi connectivity index (χ0) is 26.2. The number of nitrogens with zero attached hydrogens (tertiary/aromatic N) is 4. The Balaban J connectivity index is -0.0000000102. The molecule has 6 heteroatoms. The van der Waals surface area contributed by atoms with Crippen molar-refractivity contribution >= 4 is 25.1 Å². The Morgan fingerprint density at radius 3 is 0.605 bits per heavy atom. The fourth-order valence-electron chi connectivity index (χ4n) is 0. The van der Waals surface area contributed by atoms with Crippen LogP contribution < -0.4 is 11.5 Å². The van der Waals surface area contributed by atoms with Crippen LogP contribution in [0.5, 0.6) is 0 Å². The molecule has 0 amide bonds. The Bertz CT molecular complexity index is 316. The van der Waals surface area contributed by atoms with E-state index >= 15 is 0 Å². The number of nitrogens with two attached hydrogens (primary N) is 2. The molecule has 0 bridgehead atoms. The highest BCUT2D eigenvalue weighted by Gasteiger charge is 1.62. The molecule has 4 N–H and O–H groups in total. The molecule has 0 aliphatic heterocycles. The molecule has 0 aliphatic rings. The minimum absolute atomic E-state index is 0. The molecule has 38 heavy (non-hydrogen) atoms. The Morgan fingerprint density at radius 2 is 0.605 bits per heavy atom. The van der Waals surface area contributed by atoms with Crippen molar-refractivity contribution in [3.8, 4) is 0 Å². The molecule has 0 radical (unpaired) electrons. The van der Waals surface area contributed by atoms with Gasteiger partial charge in [-0.15, -0.1) is 26.3 Å². The lowest BCUT2D eigenvalue weighted by Gasteiger charge is -1.76. The SMILES string of the molecule is C.C.C.C.C.C.C.C.C=CC.C=CC.C=CCC.C=CCC.C=NC.C=NC.CN=C(C)N.CN=C(C)N. The van der Waals surface area contributed by atoms with Gasteiger partial charge in [-0.2, -0.15) is 0 Å². The van der Waals surface area contributed by atoms with Gasteiger partial charge in [0.15, 0.2) is 0 Å². The number of amidine groups is 2. The van der Waals surface area contributed by atoms with Crippen molar-refractivity contribution in [2.24, 2.45) is 31.4 Å². The van der Waals surface area contributed by atoms with Gasteiger partial charge in [-0.1, -0.05) is 97.6 Å². The van der Waals surface area contributed by atoms with E-state index in [1.807, 2.05) is 26.0 Å². The van der Waals surface area contributed by atoms with E-state index < -0.39 is 0 Å². The molecular weight excluding hydrogens is 468 g/mol. The smallest absolute Gasteiger partial charge is 0.0902 e. The highest BCUT2D eigenvalue weighted by Crippen LogP contribution is 1.66. The maximum atomic E-state index is 5.04. The van der Waals surface area contributed by atoms with Crippen molar-refractivity contribution in [3.63, 3.8) is 0 Å². The van der Waals surface area contributed by atoms with E-state index in [-0.39, 0.29) is 59.4 Å². The zero-order valence-corrected chi connectivity index (χ0v) is 21.9. The van der Waals surface area contributed by atoms with Crippen LogP contribution in [0.15, 0.2) is 70.6 Å². The first-order valence-electron chi connectivity index (χ1n) is 9.46. The fourth-order valence-corrected chi connectivity index (χ4v) is 0. The molecule has 0 saturated heterocycles. The lowest BCUT2D eigenvalue weighted by molar-refractivity contribution is 1.23. The highest BCUT2D eigenvalue weighted by atomic mass is 14.8. The lowest BCUT2D eigenvalue weighted by atomic mass is 10.5. The van der Waals surface area contributed by atoms with Gasteiger partial charge in [0.05, 0.1) is 11.7 Å². The predicted molar refractivity (Wildman–Crippen MR) is 204 cm³/mol. The van der Waals surface area contributed by atoms with Crippen molar-refractivity contribution < 1.29 is 0 Å². The van der Waals surface area contributed by atoms with Gasteiger partial charge in [0.1, 0.15) is 0 Å². The van der Waals surface area contributed by atoms with Gasteiger partial charge in [0.2, 0.25) is 0 Å². The van der Waals surface area contributed by atoms with E-state index in [4.69, 9.17) is 11.5 Å². The second-order valence-corrected chi connectivity index (χ2v) is 4.57. The van der Waals surface area contributed by atoms with Crippen LogP contribution >= 0.6 is 0 Å². The van der Waals surface area contributed by atoms with Crippen LogP contribution in [-0.4, -0.2) is 53.3 Å². The molecule has 0 rings (SSSR count). The molecule has 0 unspecified atom stereocenters. The summed E-state index contributed by atoms with van der Waals surface area (Å²) in [6, 6.07) is 0. The molecule has 244 valence electrons. The van der Waals surface area contributed by atoms with E-state index in [1.165, 1.54) is 0 Å². The number of allylic oxidation sites excluding steroid dienone is 4. The molecule has 0 atom stereocenters. The maximum absolute atomic E-state index is 5.04. The summed E-state index contributed by atoms with van der Waals surface area (Å²) in [7, 11) is 6.60. The summed E-state index contributed by atoms with van der Waals surface area (Å²) >= 11 is 0. The third-order valence-electron chi connectivity index (χ3n) is 1.28.